The number of fused-ring (bicyclic) bond motifs is 1. The predicted octanol–water partition coefficient (Wildman–Crippen LogP) is 4.91. The molecule has 4 aromatic carbocycles. The van der Waals surface area contributed by atoms with Crippen molar-refractivity contribution in [3.8, 4) is 0 Å². The first-order chi connectivity index (χ1) is 16.2. The van der Waals surface area contributed by atoms with Crippen molar-refractivity contribution in [1.82, 2.24) is 0 Å². The van der Waals surface area contributed by atoms with Gasteiger partial charge in [0.05, 0.1) is 12.4 Å². The second-order valence-electron chi connectivity index (χ2n) is 7.80. The number of carbonyl (C=O) groups is 1. The Labute approximate surface area is 193 Å². The minimum Gasteiger partial charge on any atom is -0.465 e. The Kier molecular flexibility index (Phi) is 5.58. The van der Waals surface area contributed by atoms with Gasteiger partial charge in [0.25, 0.3) is 0 Å². The van der Waals surface area contributed by atoms with Gasteiger partial charge in [0.15, 0.2) is 0 Å². The molecule has 33 heavy (non-hydrogen) atoms. The van der Waals surface area contributed by atoms with E-state index in [-0.39, 0.29) is 11.8 Å². The van der Waals surface area contributed by atoms with E-state index >= 15 is 0 Å². The first-order valence-corrected chi connectivity index (χ1v) is 12.5. The minimum atomic E-state index is -2.57. The zero-order chi connectivity index (χ0) is 22.8. The van der Waals surface area contributed by atoms with Crippen LogP contribution in [-0.4, -0.2) is 18.4 Å². The van der Waals surface area contributed by atoms with Crippen LogP contribution in [0, 0.1) is 5.82 Å². The van der Waals surface area contributed by atoms with Gasteiger partial charge in [-0.2, -0.15) is 0 Å². The molecule has 0 bridgehead atoms. The van der Waals surface area contributed by atoms with Crippen molar-refractivity contribution >= 4 is 39.6 Å². The number of carbonyl (C=O) groups excluding carboxylic acids is 1. The molecule has 4 heteroatoms. The Hall–Kier alpha value is -3.68. The maximum Gasteiger partial charge on any atom is 0.338 e. The Morgan fingerprint density at radius 1 is 0.758 bits per heavy atom. The van der Waals surface area contributed by atoms with E-state index in [0.717, 1.165) is 32.6 Å². The predicted molar refractivity (Wildman–Crippen MR) is 136 cm³/mol. The van der Waals surface area contributed by atoms with E-state index < -0.39 is 6.89 Å². The van der Waals surface area contributed by atoms with E-state index in [1.54, 1.807) is 6.07 Å². The molecule has 0 saturated carbocycles. The molecule has 1 aliphatic heterocycles. The normalized spacial score (nSPS) is 14.2. The van der Waals surface area contributed by atoms with E-state index in [1.165, 1.54) is 19.2 Å². The van der Waals surface area contributed by atoms with Crippen molar-refractivity contribution in [3.05, 3.63) is 132 Å². The summed E-state index contributed by atoms with van der Waals surface area (Å²) < 4.78 is 19.5. The van der Waals surface area contributed by atoms with Crippen LogP contribution in [0.3, 0.4) is 0 Å². The third kappa shape index (κ3) is 3.46. The van der Waals surface area contributed by atoms with Crippen LogP contribution in [0.5, 0.6) is 0 Å². The quantitative estimate of drug-likeness (QED) is 0.325. The molecule has 0 fully saturated rings. The van der Waals surface area contributed by atoms with Gasteiger partial charge in [0, 0.05) is 0 Å². The first kappa shape index (κ1) is 21.2. The third-order valence-corrected chi connectivity index (χ3v) is 10.3. The summed E-state index contributed by atoms with van der Waals surface area (Å²) in [4.78, 5) is 13.4. The molecule has 0 spiro atoms. The van der Waals surface area contributed by atoms with Gasteiger partial charge in [-0.05, 0) is 57.7 Å². The number of rotatable bonds is 4. The Bertz CT molecular complexity index is 1380. The zero-order valence-electron chi connectivity index (χ0n) is 18.1. The largest absolute Gasteiger partial charge is 0.465 e. The summed E-state index contributed by atoms with van der Waals surface area (Å²) in [6, 6.07) is 34.9. The molecule has 4 aromatic rings. The number of halogens is 1. The maximum atomic E-state index is 14.2. The summed E-state index contributed by atoms with van der Waals surface area (Å²) >= 11 is 0. The van der Waals surface area contributed by atoms with Crippen molar-refractivity contribution in [1.29, 1.82) is 0 Å². The molecule has 0 N–H and O–H groups in total. The summed E-state index contributed by atoms with van der Waals surface area (Å²) in [6.45, 7) is -2.57. The van der Waals surface area contributed by atoms with Gasteiger partial charge < -0.3 is 4.74 Å². The van der Waals surface area contributed by atoms with Gasteiger partial charge in [0.2, 0.25) is 0 Å². The average Bonchev–Trinajstić information content (AvgIpc) is 2.88. The molecule has 0 aliphatic carbocycles. The standard InChI is InChI=1S/C29H22FO2P/c1-32-29(31)28-20-26(21-11-10-12-22(30)19-21)25-17-8-9-18-27(25)33(28,23-13-4-2-5-14-23)24-15-6-3-7-16-24/h2-20H,1H3. The van der Waals surface area contributed by atoms with Crippen LogP contribution >= 0.6 is 6.89 Å². The average molecular weight is 452 g/mol. The van der Waals surface area contributed by atoms with Crippen LogP contribution < -0.4 is 15.9 Å². The number of ether oxygens (including phenoxy) is 1. The lowest BCUT2D eigenvalue weighted by molar-refractivity contribution is -0.132. The van der Waals surface area contributed by atoms with Gasteiger partial charge in [-0.3, -0.25) is 0 Å². The molecule has 0 saturated heterocycles. The first-order valence-electron chi connectivity index (χ1n) is 10.7. The van der Waals surface area contributed by atoms with E-state index in [4.69, 9.17) is 4.74 Å². The lowest BCUT2D eigenvalue weighted by atomic mass is 9.96. The van der Waals surface area contributed by atoms with Crippen molar-refractivity contribution in [2.45, 2.75) is 0 Å². The highest BCUT2D eigenvalue weighted by molar-refractivity contribution is 7.97. The van der Waals surface area contributed by atoms with Gasteiger partial charge in [-0.15, -0.1) is 0 Å². The molecular formula is C29H22FO2P. The minimum absolute atomic E-state index is 0.316. The highest BCUT2D eigenvalue weighted by Gasteiger charge is 2.37. The summed E-state index contributed by atoms with van der Waals surface area (Å²) in [5, 5.41) is 3.79. The molecular weight excluding hydrogens is 430 g/mol. The number of hydrogen-bond acceptors (Lipinski definition) is 2. The van der Waals surface area contributed by atoms with Gasteiger partial charge >= 0.3 is 5.97 Å². The monoisotopic (exact) mass is 452 g/mol. The van der Waals surface area contributed by atoms with E-state index in [0.29, 0.717) is 5.29 Å². The highest BCUT2D eigenvalue weighted by Crippen LogP contribution is 2.51. The molecule has 0 atom stereocenters. The zero-order valence-corrected chi connectivity index (χ0v) is 19.0. The van der Waals surface area contributed by atoms with Crippen molar-refractivity contribution in [3.63, 3.8) is 0 Å². The van der Waals surface area contributed by atoms with Crippen LogP contribution in [0.4, 0.5) is 4.39 Å². The SMILES string of the molecule is COC(=O)C1=P(c2ccccc2)(c2ccccc2)c2ccccc2C(c2cccc(F)c2)=C1. The van der Waals surface area contributed by atoms with E-state index in [1.807, 2.05) is 60.7 Å². The summed E-state index contributed by atoms with van der Waals surface area (Å²) in [5.41, 5.74) is 2.53. The Balaban J connectivity index is 2.01. The molecule has 0 unspecified atom stereocenters. The summed E-state index contributed by atoms with van der Waals surface area (Å²) in [6.07, 6.45) is 1.91. The lowest BCUT2D eigenvalue weighted by Crippen LogP contribution is -2.37. The molecule has 0 aromatic heterocycles. The molecule has 5 rings (SSSR count). The number of benzene rings is 4. The van der Waals surface area contributed by atoms with Gasteiger partial charge in [-0.25, -0.2) is 9.18 Å². The van der Waals surface area contributed by atoms with Crippen LogP contribution in [0.15, 0.2) is 115 Å². The molecule has 162 valence electrons. The summed E-state index contributed by atoms with van der Waals surface area (Å²) in [5.74, 6) is -0.692. The van der Waals surface area contributed by atoms with E-state index in [2.05, 4.69) is 36.4 Å². The fraction of sp³-hybridized carbons (Fsp3) is 0.0345. The number of hydrogen-bond donors (Lipinski definition) is 0. The second kappa shape index (κ2) is 8.69. The van der Waals surface area contributed by atoms with Crippen molar-refractivity contribution in [2.75, 3.05) is 7.11 Å². The third-order valence-electron chi connectivity index (χ3n) is 6.02. The summed E-state index contributed by atoms with van der Waals surface area (Å²) in [7, 11) is 1.41. The number of esters is 1. The molecule has 0 radical (unpaired) electrons. The van der Waals surface area contributed by atoms with Crippen LogP contribution in [0.1, 0.15) is 11.1 Å². The van der Waals surface area contributed by atoms with Crippen LogP contribution in [-0.2, 0) is 9.53 Å². The topological polar surface area (TPSA) is 26.3 Å². The van der Waals surface area contributed by atoms with Crippen molar-refractivity contribution in [2.24, 2.45) is 0 Å². The van der Waals surface area contributed by atoms with Crippen molar-refractivity contribution < 1.29 is 13.9 Å². The molecule has 0 amide bonds. The van der Waals surface area contributed by atoms with Gasteiger partial charge in [0.1, 0.15) is 5.82 Å². The fourth-order valence-corrected chi connectivity index (χ4v) is 9.10. The Morgan fingerprint density at radius 3 is 1.97 bits per heavy atom. The lowest BCUT2D eigenvalue weighted by Gasteiger charge is -2.36. The van der Waals surface area contributed by atoms with Crippen LogP contribution in [0.25, 0.3) is 5.57 Å². The van der Waals surface area contributed by atoms with Crippen LogP contribution in [0.2, 0.25) is 0 Å². The molecule has 1 heterocycles. The smallest absolute Gasteiger partial charge is 0.338 e. The Morgan fingerprint density at radius 2 is 1.36 bits per heavy atom. The highest BCUT2D eigenvalue weighted by atomic mass is 31.2. The number of methoxy groups -OCH3 is 1. The fourth-order valence-electron chi connectivity index (χ4n) is 4.64. The second-order valence-corrected chi connectivity index (χ2v) is 11.1. The van der Waals surface area contributed by atoms with Gasteiger partial charge in [-0.1, -0.05) is 97.1 Å². The molecule has 2 nitrogen and oxygen atoms in total. The van der Waals surface area contributed by atoms with E-state index in [9.17, 15) is 9.18 Å². The maximum absolute atomic E-state index is 14.2. The molecule has 1 aliphatic rings.